The second-order valence-corrected chi connectivity index (χ2v) is 5.28. The van der Waals surface area contributed by atoms with Crippen LogP contribution in [-0.4, -0.2) is 12.1 Å². The average molecular weight is 168 g/mol. The fraction of sp³-hybridized carbons (Fsp3) is 1.00. The molecule has 12 heavy (non-hydrogen) atoms. The highest BCUT2D eigenvalue weighted by Crippen LogP contribution is 2.61. The number of rotatable bonds is 1. The van der Waals surface area contributed by atoms with E-state index in [1.807, 2.05) is 0 Å². The number of hydrogen-bond acceptors (Lipinski definition) is 2. The van der Waals surface area contributed by atoms with Crippen LogP contribution in [0.1, 0.15) is 33.1 Å². The summed E-state index contributed by atoms with van der Waals surface area (Å²) in [4.78, 5) is 0. The standard InChI is InChI=1S/C10H20N2/c1-9(2)7-3-4-10(12,6-11)8(9)5-7/h7-8H,3-6,11-12H2,1-2H3/t7?,8-,10?/m0/s1. The van der Waals surface area contributed by atoms with Gasteiger partial charge in [0.15, 0.2) is 0 Å². The molecule has 0 aromatic heterocycles. The third-order valence-corrected chi connectivity index (χ3v) is 4.50. The smallest absolute Gasteiger partial charge is 0.0312 e. The largest absolute Gasteiger partial charge is 0.329 e. The van der Waals surface area contributed by atoms with E-state index in [9.17, 15) is 0 Å². The Morgan fingerprint density at radius 1 is 1.42 bits per heavy atom. The Labute approximate surface area is 74.7 Å². The minimum absolute atomic E-state index is 0.0434. The quantitative estimate of drug-likeness (QED) is 0.616. The first-order chi connectivity index (χ1) is 5.50. The van der Waals surface area contributed by atoms with Crippen LogP contribution in [0, 0.1) is 17.3 Å². The lowest BCUT2D eigenvalue weighted by atomic mass is 9.43. The van der Waals surface area contributed by atoms with Crippen LogP contribution >= 0.6 is 0 Å². The minimum atomic E-state index is -0.0434. The van der Waals surface area contributed by atoms with Crippen LogP contribution in [0.4, 0.5) is 0 Å². The van der Waals surface area contributed by atoms with Crippen molar-refractivity contribution in [3.8, 4) is 0 Å². The highest BCUT2D eigenvalue weighted by Gasteiger charge is 2.58. The first-order valence-corrected chi connectivity index (χ1v) is 4.99. The number of hydrogen-bond donors (Lipinski definition) is 2. The first-order valence-electron chi connectivity index (χ1n) is 4.99. The van der Waals surface area contributed by atoms with Crippen LogP contribution in [-0.2, 0) is 0 Å². The zero-order chi connectivity index (χ0) is 8.98. The molecule has 3 aliphatic rings. The fourth-order valence-electron chi connectivity index (χ4n) is 3.34. The molecule has 0 amide bonds. The summed E-state index contributed by atoms with van der Waals surface area (Å²) in [6, 6.07) is 0. The van der Waals surface area contributed by atoms with Crippen LogP contribution in [0.5, 0.6) is 0 Å². The third-order valence-electron chi connectivity index (χ3n) is 4.50. The van der Waals surface area contributed by atoms with Gasteiger partial charge >= 0.3 is 0 Å². The summed E-state index contributed by atoms with van der Waals surface area (Å²) in [7, 11) is 0. The molecule has 2 nitrogen and oxygen atoms in total. The monoisotopic (exact) mass is 168 g/mol. The molecule has 70 valence electrons. The van der Waals surface area contributed by atoms with Gasteiger partial charge in [-0.1, -0.05) is 13.8 Å². The Bertz CT molecular complexity index is 198. The molecule has 0 radical (unpaired) electrons. The van der Waals surface area contributed by atoms with Gasteiger partial charge in [0.1, 0.15) is 0 Å². The lowest BCUT2D eigenvalue weighted by molar-refractivity contribution is -0.114. The topological polar surface area (TPSA) is 52.0 Å². The van der Waals surface area contributed by atoms with Crippen molar-refractivity contribution in [1.82, 2.24) is 0 Å². The summed E-state index contributed by atoms with van der Waals surface area (Å²) in [5, 5.41) is 0. The maximum Gasteiger partial charge on any atom is 0.0312 e. The van der Waals surface area contributed by atoms with Gasteiger partial charge in [-0.3, -0.25) is 0 Å². The SMILES string of the molecule is CC1(C)C2CCC(N)(CN)[C@H]1C2. The van der Waals surface area contributed by atoms with Gasteiger partial charge in [-0.25, -0.2) is 0 Å². The van der Waals surface area contributed by atoms with Crippen molar-refractivity contribution < 1.29 is 0 Å². The maximum atomic E-state index is 6.29. The lowest BCUT2D eigenvalue weighted by Crippen LogP contribution is -2.68. The molecular weight excluding hydrogens is 148 g/mol. The predicted octanol–water partition coefficient (Wildman–Crippen LogP) is 1.10. The zero-order valence-corrected chi connectivity index (χ0v) is 8.14. The fourth-order valence-corrected chi connectivity index (χ4v) is 3.34. The van der Waals surface area contributed by atoms with Gasteiger partial charge in [-0.15, -0.1) is 0 Å². The van der Waals surface area contributed by atoms with Gasteiger partial charge in [0, 0.05) is 12.1 Å². The van der Waals surface area contributed by atoms with Crippen LogP contribution in [0.15, 0.2) is 0 Å². The van der Waals surface area contributed by atoms with E-state index in [0.717, 1.165) is 12.3 Å². The zero-order valence-electron chi connectivity index (χ0n) is 8.14. The molecule has 4 N–H and O–H groups in total. The van der Waals surface area contributed by atoms with Crippen molar-refractivity contribution in [2.24, 2.45) is 28.7 Å². The number of nitrogens with two attached hydrogens (primary N) is 2. The molecule has 2 unspecified atom stereocenters. The third kappa shape index (κ3) is 0.826. The van der Waals surface area contributed by atoms with Crippen LogP contribution in [0.2, 0.25) is 0 Å². The molecule has 2 bridgehead atoms. The van der Waals surface area contributed by atoms with Gasteiger partial charge in [0.25, 0.3) is 0 Å². The predicted molar refractivity (Wildman–Crippen MR) is 50.6 cm³/mol. The van der Waals surface area contributed by atoms with E-state index in [4.69, 9.17) is 11.5 Å². The molecule has 0 aromatic rings. The average Bonchev–Trinajstić information content (AvgIpc) is 2.04. The molecule has 3 rings (SSSR count). The molecule has 3 saturated carbocycles. The van der Waals surface area contributed by atoms with E-state index in [1.54, 1.807) is 0 Å². The Morgan fingerprint density at radius 3 is 2.42 bits per heavy atom. The lowest BCUT2D eigenvalue weighted by Gasteiger charge is -2.64. The van der Waals surface area contributed by atoms with Crippen molar-refractivity contribution in [1.29, 1.82) is 0 Å². The molecule has 0 saturated heterocycles. The molecule has 3 atom stereocenters. The molecular formula is C10H20N2. The van der Waals surface area contributed by atoms with Gasteiger partial charge in [-0.2, -0.15) is 0 Å². The summed E-state index contributed by atoms with van der Waals surface area (Å²) < 4.78 is 0. The molecule has 0 spiro atoms. The minimum Gasteiger partial charge on any atom is -0.329 e. The summed E-state index contributed by atoms with van der Waals surface area (Å²) >= 11 is 0. The summed E-state index contributed by atoms with van der Waals surface area (Å²) in [6.07, 6.45) is 3.75. The maximum absolute atomic E-state index is 6.29. The van der Waals surface area contributed by atoms with Crippen molar-refractivity contribution in [2.45, 2.75) is 38.6 Å². The first kappa shape index (κ1) is 8.52. The normalized spacial score (nSPS) is 50.0. The van der Waals surface area contributed by atoms with E-state index in [2.05, 4.69) is 13.8 Å². The Kier molecular flexibility index (Phi) is 1.59. The van der Waals surface area contributed by atoms with Crippen LogP contribution in [0.25, 0.3) is 0 Å². The van der Waals surface area contributed by atoms with Crippen molar-refractivity contribution in [3.05, 3.63) is 0 Å². The van der Waals surface area contributed by atoms with E-state index < -0.39 is 0 Å². The highest BCUT2D eigenvalue weighted by atomic mass is 14.9. The van der Waals surface area contributed by atoms with Gasteiger partial charge in [0.05, 0.1) is 0 Å². The summed E-state index contributed by atoms with van der Waals surface area (Å²) in [6.45, 7) is 5.36. The molecule has 0 aliphatic heterocycles. The molecule has 2 heteroatoms. The summed E-state index contributed by atoms with van der Waals surface area (Å²) in [5.41, 5.74) is 12.5. The van der Waals surface area contributed by atoms with Gasteiger partial charge in [-0.05, 0) is 36.5 Å². The van der Waals surface area contributed by atoms with Crippen LogP contribution in [0.3, 0.4) is 0 Å². The molecule has 3 fully saturated rings. The van der Waals surface area contributed by atoms with Gasteiger partial charge < -0.3 is 11.5 Å². The molecule has 0 heterocycles. The Hall–Kier alpha value is -0.0800. The molecule has 0 aromatic carbocycles. The van der Waals surface area contributed by atoms with Crippen molar-refractivity contribution >= 4 is 0 Å². The molecule has 3 aliphatic carbocycles. The highest BCUT2D eigenvalue weighted by molar-refractivity contribution is 5.12. The number of fused-ring (bicyclic) bond motifs is 2. The second-order valence-electron chi connectivity index (χ2n) is 5.28. The van der Waals surface area contributed by atoms with Crippen molar-refractivity contribution in [2.75, 3.05) is 6.54 Å². The summed E-state index contributed by atoms with van der Waals surface area (Å²) in [5.74, 6) is 1.60. The van der Waals surface area contributed by atoms with E-state index in [1.165, 1.54) is 12.8 Å². The van der Waals surface area contributed by atoms with E-state index in [-0.39, 0.29) is 5.54 Å². The Morgan fingerprint density at radius 2 is 2.08 bits per heavy atom. The van der Waals surface area contributed by atoms with Gasteiger partial charge in [0.2, 0.25) is 0 Å². The van der Waals surface area contributed by atoms with Crippen LogP contribution < -0.4 is 11.5 Å². The Balaban J connectivity index is 2.21. The van der Waals surface area contributed by atoms with E-state index >= 15 is 0 Å². The second kappa shape index (κ2) is 2.24. The van der Waals surface area contributed by atoms with Crippen molar-refractivity contribution in [3.63, 3.8) is 0 Å². The van der Waals surface area contributed by atoms with E-state index in [0.29, 0.717) is 17.9 Å².